The number of carbonyl (C=O) groups is 1. The second kappa shape index (κ2) is 7.44. The molecule has 1 N–H and O–H groups in total. The van der Waals surface area contributed by atoms with E-state index >= 15 is 0 Å². The largest absolute Gasteiger partial charge is 0.321 e. The van der Waals surface area contributed by atoms with Crippen LogP contribution in [0.3, 0.4) is 0 Å². The van der Waals surface area contributed by atoms with Gasteiger partial charge < -0.3 is 5.32 Å². The number of aromatic nitrogens is 2. The summed E-state index contributed by atoms with van der Waals surface area (Å²) >= 11 is 0. The minimum Gasteiger partial charge on any atom is -0.321 e. The van der Waals surface area contributed by atoms with E-state index in [9.17, 15) is 13.6 Å². The fourth-order valence-corrected chi connectivity index (χ4v) is 2.80. The molecule has 1 aromatic heterocycles. The van der Waals surface area contributed by atoms with Gasteiger partial charge in [-0.1, -0.05) is 30.3 Å². The number of halogens is 2. The molecule has 4 aromatic rings. The van der Waals surface area contributed by atoms with Gasteiger partial charge in [-0.15, -0.1) is 0 Å². The molecule has 0 bridgehead atoms. The highest BCUT2D eigenvalue weighted by Crippen LogP contribution is 2.23. The highest BCUT2D eigenvalue weighted by molar-refractivity contribution is 6.04. The molecular formula is C22H15F2N3O. The number of benzene rings is 3. The Labute approximate surface area is 160 Å². The van der Waals surface area contributed by atoms with Gasteiger partial charge in [-0.2, -0.15) is 5.10 Å². The van der Waals surface area contributed by atoms with E-state index < -0.39 is 5.91 Å². The van der Waals surface area contributed by atoms with Gasteiger partial charge in [0.15, 0.2) is 0 Å². The first kappa shape index (κ1) is 17.6. The van der Waals surface area contributed by atoms with Crippen molar-refractivity contribution in [3.8, 4) is 16.9 Å². The van der Waals surface area contributed by atoms with Crippen LogP contribution in [-0.4, -0.2) is 15.7 Å². The zero-order valence-corrected chi connectivity index (χ0v) is 14.6. The third-order valence-corrected chi connectivity index (χ3v) is 4.18. The Morgan fingerprint density at radius 2 is 1.43 bits per heavy atom. The molecule has 1 amide bonds. The smallest absolute Gasteiger partial charge is 0.274 e. The fourth-order valence-electron chi connectivity index (χ4n) is 2.80. The number of anilines is 1. The van der Waals surface area contributed by atoms with Crippen LogP contribution in [-0.2, 0) is 0 Å². The van der Waals surface area contributed by atoms with Crippen molar-refractivity contribution >= 4 is 11.6 Å². The standard InChI is InChI=1S/C22H15F2N3O/c23-16-6-10-18(11-7-16)25-22(28)21-14-20(15-4-2-1-3-5-15)26-27(21)19-12-8-17(24)9-13-19/h1-14H,(H,25,28). The number of hydrogen-bond donors (Lipinski definition) is 1. The summed E-state index contributed by atoms with van der Waals surface area (Å²) in [6.07, 6.45) is 0. The van der Waals surface area contributed by atoms with Crippen molar-refractivity contribution in [2.75, 3.05) is 5.32 Å². The summed E-state index contributed by atoms with van der Waals surface area (Å²) in [5.74, 6) is -1.18. The summed E-state index contributed by atoms with van der Waals surface area (Å²) in [5, 5.41) is 7.26. The molecule has 0 aliphatic rings. The molecule has 0 atom stereocenters. The lowest BCUT2D eigenvalue weighted by Crippen LogP contribution is -2.17. The highest BCUT2D eigenvalue weighted by Gasteiger charge is 2.18. The number of amides is 1. The molecule has 28 heavy (non-hydrogen) atoms. The van der Waals surface area contributed by atoms with E-state index in [1.54, 1.807) is 18.2 Å². The Bertz CT molecular complexity index is 1100. The third-order valence-electron chi connectivity index (χ3n) is 4.18. The van der Waals surface area contributed by atoms with Gasteiger partial charge >= 0.3 is 0 Å². The molecule has 0 unspecified atom stereocenters. The first-order chi connectivity index (χ1) is 13.6. The van der Waals surface area contributed by atoms with E-state index in [2.05, 4.69) is 10.4 Å². The SMILES string of the molecule is O=C(Nc1ccc(F)cc1)c1cc(-c2ccccc2)nn1-c1ccc(F)cc1. The molecule has 4 nitrogen and oxygen atoms in total. The molecule has 6 heteroatoms. The molecule has 138 valence electrons. The van der Waals surface area contributed by atoms with Crippen LogP contribution in [0.4, 0.5) is 14.5 Å². The van der Waals surface area contributed by atoms with Crippen LogP contribution in [0.25, 0.3) is 16.9 Å². The monoisotopic (exact) mass is 375 g/mol. The van der Waals surface area contributed by atoms with Crippen molar-refractivity contribution in [2.24, 2.45) is 0 Å². The topological polar surface area (TPSA) is 46.9 Å². The molecule has 0 saturated heterocycles. The van der Waals surface area contributed by atoms with Gasteiger partial charge in [0.05, 0.1) is 11.4 Å². The van der Waals surface area contributed by atoms with Crippen molar-refractivity contribution in [1.29, 1.82) is 0 Å². The van der Waals surface area contributed by atoms with E-state index in [0.29, 0.717) is 17.1 Å². The van der Waals surface area contributed by atoms with Crippen molar-refractivity contribution in [3.05, 3.63) is 102 Å². The van der Waals surface area contributed by atoms with E-state index in [1.807, 2.05) is 30.3 Å². The van der Waals surface area contributed by atoms with Gasteiger partial charge in [-0.3, -0.25) is 4.79 Å². The molecule has 0 aliphatic heterocycles. The minimum atomic E-state index is -0.411. The second-order valence-electron chi connectivity index (χ2n) is 6.13. The summed E-state index contributed by atoms with van der Waals surface area (Å²) in [7, 11) is 0. The van der Waals surface area contributed by atoms with Gasteiger partial charge in [0.2, 0.25) is 0 Å². The summed E-state index contributed by atoms with van der Waals surface area (Å²) in [6, 6.07) is 22.3. The highest BCUT2D eigenvalue weighted by atomic mass is 19.1. The maximum Gasteiger partial charge on any atom is 0.274 e. The summed E-state index contributed by atoms with van der Waals surface area (Å²) in [4.78, 5) is 12.9. The van der Waals surface area contributed by atoms with Crippen LogP contribution in [0.2, 0.25) is 0 Å². The van der Waals surface area contributed by atoms with E-state index in [1.165, 1.54) is 41.1 Å². The second-order valence-corrected chi connectivity index (χ2v) is 6.13. The Kier molecular flexibility index (Phi) is 4.68. The summed E-state index contributed by atoms with van der Waals surface area (Å²) in [6.45, 7) is 0. The normalized spacial score (nSPS) is 10.6. The molecule has 1 heterocycles. The van der Waals surface area contributed by atoms with E-state index in [-0.39, 0.29) is 17.3 Å². The van der Waals surface area contributed by atoms with Gasteiger partial charge in [0.25, 0.3) is 5.91 Å². The molecule has 3 aromatic carbocycles. The van der Waals surface area contributed by atoms with Crippen LogP contribution in [0.5, 0.6) is 0 Å². The molecular weight excluding hydrogens is 360 g/mol. The van der Waals surface area contributed by atoms with Crippen molar-refractivity contribution < 1.29 is 13.6 Å². The lowest BCUT2D eigenvalue weighted by Gasteiger charge is -2.08. The van der Waals surface area contributed by atoms with Crippen LogP contribution in [0.15, 0.2) is 84.9 Å². The first-order valence-electron chi connectivity index (χ1n) is 8.58. The van der Waals surface area contributed by atoms with Crippen molar-refractivity contribution in [3.63, 3.8) is 0 Å². The van der Waals surface area contributed by atoms with Gasteiger partial charge in [0, 0.05) is 11.3 Å². The van der Waals surface area contributed by atoms with Gasteiger partial charge in [-0.25, -0.2) is 13.5 Å². The lowest BCUT2D eigenvalue weighted by atomic mass is 10.1. The van der Waals surface area contributed by atoms with Crippen molar-refractivity contribution in [1.82, 2.24) is 9.78 Å². The zero-order chi connectivity index (χ0) is 19.5. The molecule has 0 aliphatic carbocycles. The maximum absolute atomic E-state index is 13.3. The van der Waals surface area contributed by atoms with Gasteiger partial charge in [-0.05, 0) is 54.6 Å². The number of rotatable bonds is 4. The van der Waals surface area contributed by atoms with Crippen LogP contribution < -0.4 is 5.32 Å². The van der Waals surface area contributed by atoms with Crippen LogP contribution in [0, 0.1) is 11.6 Å². The molecule has 4 rings (SSSR count). The van der Waals surface area contributed by atoms with Crippen LogP contribution in [0.1, 0.15) is 10.5 Å². The number of hydrogen-bond acceptors (Lipinski definition) is 2. The van der Waals surface area contributed by atoms with E-state index in [4.69, 9.17) is 0 Å². The zero-order valence-electron chi connectivity index (χ0n) is 14.6. The molecule has 0 radical (unpaired) electrons. The quantitative estimate of drug-likeness (QED) is 0.541. The number of nitrogens with one attached hydrogen (secondary N) is 1. The summed E-state index contributed by atoms with van der Waals surface area (Å²) in [5.41, 5.74) is 2.73. The average Bonchev–Trinajstić information content (AvgIpc) is 3.17. The Morgan fingerprint density at radius 1 is 0.821 bits per heavy atom. The fraction of sp³-hybridized carbons (Fsp3) is 0. The minimum absolute atomic E-state index is 0.273. The molecule has 0 fully saturated rings. The molecule has 0 saturated carbocycles. The lowest BCUT2D eigenvalue weighted by molar-refractivity contribution is 0.101. The average molecular weight is 375 g/mol. The number of carbonyl (C=O) groups excluding carboxylic acids is 1. The Balaban J connectivity index is 1.75. The summed E-state index contributed by atoms with van der Waals surface area (Å²) < 4.78 is 27.9. The maximum atomic E-state index is 13.3. The van der Waals surface area contributed by atoms with Crippen LogP contribution >= 0.6 is 0 Å². The number of nitrogens with zero attached hydrogens (tertiary/aromatic N) is 2. The Morgan fingerprint density at radius 3 is 2.07 bits per heavy atom. The third kappa shape index (κ3) is 3.66. The van der Waals surface area contributed by atoms with Gasteiger partial charge in [0.1, 0.15) is 17.3 Å². The first-order valence-corrected chi connectivity index (χ1v) is 8.58. The van der Waals surface area contributed by atoms with Crippen molar-refractivity contribution in [2.45, 2.75) is 0 Å². The predicted octanol–water partition coefficient (Wildman–Crippen LogP) is 5.07. The predicted molar refractivity (Wildman–Crippen MR) is 103 cm³/mol. The Hall–Kier alpha value is -3.80. The van der Waals surface area contributed by atoms with E-state index in [0.717, 1.165) is 5.56 Å². The molecule has 0 spiro atoms.